The first-order valence-corrected chi connectivity index (χ1v) is 5.92. The molecule has 0 aromatic heterocycles. The van der Waals surface area contributed by atoms with E-state index in [2.05, 4.69) is 0 Å². The fraction of sp³-hybridized carbons (Fsp3) is 0.357. The van der Waals surface area contributed by atoms with Gasteiger partial charge in [-0.05, 0) is 19.1 Å². The number of benzene rings is 1. The van der Waals surface area contributed by atoms with Crippen molar-refractivity contribution in [2.75, 3.05) is 13.6 Å². The standard InChI is InChI=1S/C14H17NO4/c1-9(14(18)19)8-15(3)13(17)12-6-4-11(5-7-12)10(2)16/h4-7,9H,8H2,1-3H3,(H,18,19). The highest BCUT2D eigenvalue weighted by Gasteiger charge is 2.18. The van der Waals surface area contributed by atoms with Gasteiger partial charge in [0.05, 0.1) is 5.92 Å². The Morgan fingerprint density at radius 3 is 2.05 bits per heavy atom. The topological polar surface area (TPSA) is 74.7 Å². The molecule has 0 bridgehead atoms. The average Bonchev–Trinajstić information content (AvgIpc) is 2.37. The number of amides is 1. The van der Waals surface area contributed by atoms with Crippen LogP contribution < -0.4 is 0 Å². The van der Waals surface area contributed by atoms with Crippen LogP contribution in [0.1, 0.15) is 34.6 Å². The van der Waals surface area contributed by atoms with Gasteiger partial charge in [0.2, 0.25) is 0 Å². The van der Waals surface area contributed by atoms with Gasteiger partial charge in [-0.2, -0.15) is 0 Å². The minimum Gasteiger partial charge on any atom is -0.481 e. The summed E-state index contributed by atoms with van der Waals surface area (Å²) in [6, 6.07) is 6.32. The van der Waals surface area contributed by atoms with E-state index in [1.54, 1.807) is 38.2 Å². The summed E-state index contributed by atoms with van der Waals surface area (Å²) in [7, 11) is 1.56. The van der Waals surface area contributed by atoms with E-state index in [-0.39, 0.29) is 18.2 Å². The van der Waals surface area contributed by atoms with Gasteiger partial charge in [0.1, 0.15) is 0 Å². The molecule has 1 rings (SSSR count). The summed E-state index contributed by atoms with van der Waals surface area (Å²) in [6.45, 7) is 3.14. The lowest BCUT2D eigenvalue weighted by Gasteiger charge is -2.19. The lowest BCUT2D eigenvalue weighted by atomic mass is 10.1. The lowest BCUT2D eigenvalue weighted by Crippen LogP contribution is -2.33. The van der Waals surface area contributed by atoms with Crippen molar-refractivity contribution in [1.82, 2.24) is 4.90 Å². The summed E-state index contributed by atoms with van der Waals surface area (Å²) in [4.78, 5) is 35.3. The molecule has 0 aliphatic heterocycles. The fourth-order valence-electron chi connectivity index (χ4n) is 1.64. The van der Waals surface area contributed by atoms with Crippen molar-refractivity contribution < 1.29 is 19.5 Å². The molecule has 1 aromatic carbocycles. The van der Waals surface area contributed by atoms with Gasteiger partial charge in [0, 0.05) is 24.7 Å². The van der Waals surface area contributed by atoms with Crippen molar-refractivity contribution >= 4 is 17.7 Å². The molecule has 1 N–H and O–H groups in total. The number of Topliss-reactive ketones (excluding diaryl/α,β-unsaturated/α-hetero) is 1. The fourth-order valence-corrected chi connectivity index (χ4v) is 1.64. The van der Waals surface area contributed by atoms with Crippen LogP contribution in [-0.2, 0) is 4.79 Å². The van der Waals surface area contributed by atoms with Gasteiger partial charge < -0.3 is 10.0 Å². The Bertz CT molecular complexity index is 493. The molecule has 1 unspecified atom stereocenters. The number of nitrogens with zero attached hydrogens (tertiary/aromatic N) is 1. The average molecular weight is 263 g/mol. The van der Waals surface area contributed by atoms with Crippen LogP contribution in [-0.4, -0.2) is 41.3 Å². The predicted octanol–water partition coefficient (Wildman–Crippen LogP) is 1.68. The van der Waals surface area contributed by atoms with Crippen LogP contribution in [0.4, 0.5) is 0 Å². The molecule has 0 radical (unpaired) electrons. The maximum absolute atomic E-state index is 12.0. The number of aliphatic carboxylic acids is 1. The Labute approximate surface area is 111 Å². The van der Waals surface area contributed by atoms with Crippen LogP contribution >= 0.6 is 0 Å². The van der Waals surface area contributed by atoms with Gasteiger partial charge in [0.25, 0.3) is 5.91 Å². The van der Waals surface area contributed by atoms with E-state index in [0.717, 1.165) is 0 Å². The van der Waals surface area contributed by atoms with Gasteiger partial charge in [-0.1, -0.05) is 19.1 Å². The Balaban J connectivity index is 2.77. The van der Waals surface area contributed by atoms with E-state index in [9.17, 15) is 14.4 Å². The lowest BCUT2D eigenvalue weighted by molar-refractivity contribution is -0.141. The van der Waals surface area contributed by atoms with Crippen LogP contribution in [0.15, 0.2) is 24.3 Å². The molecular formula is C14H17NO4. The SMILES string of the molecule is CC(=O)c1ccc(C(=O)N(C)CC(C)C(=O)O)cc1. The summed E-state index contributed by atoms with van der Waals surface area (Å²) in [6.07, 6.45) is 0. The highest BCUT2D eigenvalue weighted by atomic mass is 16.4. The molecule has 0 aliphatic rings. The zero-order valence-corrected chi connectivity index (χ0v) is 11.2. The third-order valence-corrected chi connectivity index (χ3v) is 2.85. The Hall–Kier alpha value is -2.17. The summed E-state index contributed by atoms with van der Waals surface area (Å²) in [5.41, 5.74) is 0.975. The first-order chi connectivity index (χ1) is 8.82. The number of ketones is 1. The van der Waals surface area contributed by atoms with Crippen LogP contribution in [0.2, 0.25) is 0 Å². The Kier molecular flexibility index (Phi) is 4.80. The van der Waals surface area contributed by atoms with E-state index < -0.39 is 11.9 Å². The van der Waals surface area contributed by atoms with E-state index in [0.29, 0.717) is 11.1 Å². The number of carbonyl (C=O) groups is 3. The Morgan fingerprint density at radius 1 is 1.16 bits per heavy atom. The molecule has 1 amide bonds. The molecule has 19 heavy (non-hydrogen) atoms. The second kappa shape index (κ2) is 6.13. The maximum Gasteiger partial charge on any atom is 0.308 e. The number of rotatable bonds is 5. The summed E-state index contributed by atoms with van der Waals surface area (Å²) >= 11 is 0. The van der Waals surface area contributed by atoms with Crippen molar-refractivity contribution in [3.8, 4) is 0 Å². The minimum absolute atomic E-state index is 0.0631. The first-order valence-electron chi connectivity index (χ1n) is 5.92. The number of hydrogen-bond donors (Lipinski definition) is 1. The van der Waals surface area contributed by atoms with Gasteiger partial charge in [-0.25, -0.2) is 0 Å². The van der Waals surface area contributed by atoms with Crippen LogP contribution in [0, 0.1) is 5.92 Å². The number of hydrogen-bond acceptors (Lipinski definition) is 3. The summed E-state index contributed by atoms with van der Waals surface area (Å²) in [5, 5.41) is 8.81. The molecule has 0 aliphatic carbocycles. The van der Waals surface area contributed by atoms with Gasteiger partial charge in [-0.3, -0.25) is 14.4 Å². The van der Waals surface area contributed by atoms with E-state index in [1.807, 2.05) is 0 Å². The summed E-state index contributed by atoms with van der Waals surface area (Å²) < 4.78 is 0. The number of carbonyl (C=O) groups excluding carboxylic acids is 2. The maximum atomic E-state index is 12.0. The van der Waals surface area contributed by atoms with Crippen molar-refractivity contribution in [3.63, 3.8) is 0 Å². The second-order valence-electron chi connectivity index (χ2n) is 4.56. The number of carboxylic acids is 1. The third-order valence-electron chi connectivity index (χ3n) is 2.85. The molecule has 0 saturated carbocycles. The molecule has 0 spiro atoms. The predicted molar refractivity (Wildman–Crippen MR) is 70.2 cm³/mol. The molecule has 0 heterocycles. The second-order valence-corrected chi connectivity index (χ2v) is 4.56. The van der Waals surface area contributed by atoms with Crippen molar-refractivity contribution in [1.29, 1.82) is 0 Å². The van der Waals surface area contributed by atoms with Gasteiger partial charge in [-0.15, -0.1) is 0 Å². The zero-order chi connectivity index (χ0) is 14.6. The van der Waals surface area contributed by atoms with E-state index in [1.165, 1.54) is 11.8 Å². The van der Waals surface area contributed by atoms with Crippen molar-refractivity contribution in [2.24, 2.45) is 5.92 Å². The first kappa shape index (κ1) is 14.9. The molecule has 0 saturated heterocycles. The minimum atomic E-state index is -0.938. The quantitative estimate of drug-likeness (QED) is 0.820. The highest BCUT2D eigenvalue weighted by Crippen LogP contribution is 2.09. The summed E-state index contributed by atoms with van der Waals surface area (Å²) in [5.74, 6) is -1.88. The monoisotopic (exact) mass is 263 g/mol. The largest absolute Gasteiger partial charge is 0.481 e. The molecule has 0 fully saturated rings. The molecule has 1 atom stereocenters. The van der Waals surface area contributed by atoms with Crippen molar-refractivity contribution in [3.05, 3.63) is 35.4 Å². The van der Waals surface area contributed by atoms with Gasteiger partial charge >= 0.3 is 5.97 Å². The molecule has 5 nitrogen and oxygen atoms in total. The van der Waals surface area contributed by atoms with E-state index >= 15 is 0 Å². The Morgan fingerprint density at radius 2 is 1.63 bits per heavy atom. The van der Waals surface area contributed by atoms with Gasteiger partial charge in [0.15, 0.2) is 5.78 Å². The number of carboxylic acid groups (broad SMARTS) is 1. The molecular weight excluding hydrogens is 246 g/mol. The molecule has 102 valence electrons. The van der Waals surface area contributed by atoms with E-state index in [4.69, 9.17) is 5.11 Å². The molecule has 5 heteroatoms. The van der Waals surface area contributed by atoms with Crippen LogP contribution in [0.3, 0.4) is 0 Å². The third kappa shape index (κ3) is 3.91. The zero-order valence-electron chi connectivity index (χ0n) is 11.2. The smallest absolute Gasteiger partial charge is 0.308 e. The highest BCUT2D eigenvalue weighted by molar-refractivity contribution is 5.97. The van der Waals surface area contributed by atoms with Crippen LogP contribution in [0.25, 0.3) is 0 Å². The normalized spacial score (nSPS) is 11.7. The molecule has 1 aromatic rings. The van der Waals surface area contributed by atoms with Crippen molar-refractivity contribution in [2.45, 2.75) is 13.8 Å². The van der Waals surface area contributed by atoms with Crippen LogP contribution in [0.5, 0.6) is 0 Å².